The molecule has 0 spiro atoms. The summed E-state index contributed by atoms with van der Waals surface area (Å²) in [5, 5.41) is 3.51. The van der Waals surface area contributed by atoms with E-state index in [2.05, 4.69) is 10.3 Å². The highest BCUT2D eigenvalue weighted by Gasteiger charge is 2.09. The zero-order valence-corrected chi connectivity index (χ0v) is 18.4. The third-order valence-corrected chi connectivity index (χ3v) is 4.66. The van der Waals surface area contributed by atoms with Gasteiger partial charge in [0.05, 0.1) is 12.1 Å². The van der Waals surface area contributed by atoms with Crippen LogP contribution in [0.15, 0.2) is 60.2 Å². The standard InChI is InChI=1S/C25H32F2N2O2/c1-19(2)18-28-25(30)22(27)17-21(26)12-7-5-3-4-6-10-16-31-24-15-14-20-11-8-9-13-23(20)29-24/h8-9,11-15,17,19H,3-7,10,16,18H2,1-2H3,(H,28,30). The van der Waals surface area contributed by atoms with Crippen LogP contribution in [0.2, 0.25) is 0 Å². The Morgan fingerprint density at radius 3 is 2.61 bits per heavy atom. The van der Waals surface area contributed by atoms with Crippen molar-refractivity contribution in [1.82, 2.24) is 10.3 Å². The molecule has 31 heavy (non-hydrogen) atoms. The number of amides is 1. The number of hydrogen-bond acceptors (Lipinski definition) is 3. The number of benzene rings is 1. The smallest absolute Gasteiger partial charge is 0.280 e. The first-order valence-corrected chi connectivity index (χ1v) is 11.0. The molecular weight excluding hydrogens is 398 g/mol. The van der Waals surface area contributed by atoms with Crippen LogP contribution in [0.1, 0.15) is 52.4 Å². The minimum absolute atomic E-state index is 0.207. The highest BCUT2D eigenvalue weighted by molar-refractivity contribution is 5.91. The maximum atomic E-state index is 13.7. The van der Waals surface area contributed by atoms with Gasteiger partial charge in [-0.2, -0.15) is 0 Å². The van der Waals surface area contributed by atoms with E-state index in [4.69, 9.17) is 4.74 Å². The van der Waals surface area contributed by atoms with Crippen LogP contribution in [0.3, 0.4) is 0 Å². The number of nitrogens with one attached hydrogen (secondary N) is 1. The topological polar surface area (TPSA) is 51.2 Å². The van der Waals surface area contributed by atoms with Crippen LogP contribution in [0, 0.1) is 5.92 Å². The maximum absolute atomic E-state index is 13.7. The van der Waals surface area contributed by atoms with E-state index in [1.54, 1.807) is 0 Å². The lowest BCUT2D eigenvalue weighted by atomic mass is 10.1. The summed E-state index contributed by atoms with van der Waals surface area (Å²) in [5.74, 6) is -1.85. The number of rotatable bonds is 13. The van der Waals surface area contributed by atoms with Gasteiger partial charge in [0.15, 0.2) is 5.83 Å². The third kappa shape index (κ3) is 9.73. The van der Waals surface area contributed by atoms with Crippen LogP contribution in [0.5, 0.6) is 5.88 Å². The second kappa shape index (κ2) is 13.5. The highest BCUT2D eigenvalue weighted by atomic mass is 19.1. The number of aromatic nitrogens is 1. The zero-order chi connectivity index (χ0) is 22.5. The molecule has 0 aliphatic heterocycles. The van der Waals surface area contributed by atoms with Crippen LogP contribution >= 0.6 is 0 Å². The van der Waals surface area contributed by atoms with Gasteiger partial charge >= 0.3 is 0 Å². The zero-order valence-electron chi connectivity index (χ0n) is 18.4. The van der Waals surface area contributed by atoms with Gasteiger partial charge in [-0.05, 0) is 43.4 Å². The van der Waals surface area contributed by atoms with Crippen molar-refractivity contribution in [3.8, 4) is 5.88 Å². The van der Waals surface area contributed by atoms with E-state index in [1.807, 2.05) is 50.2 Å². The Morgan fingerprint density at radius 1 is 1.06 bits per heavy atom. The van der Waals surface area contributed by atoms with Crippen molar-refractivity contribution in [2.75, 3.05) is 13.2 Å². The number of allylic oxidation sites excluding steroid dienone is 3. The average molecular weight is 431 g/mol. The summed E-state index contributed by atoms with van der Waals surface area (Å²) in [7, 11) is 0. The Balaban J connectivity index is 1.55. The maximum Gasteiger partial charge on any atom is 0.280 e. The Labute approximate surface area is 183 Å². The lowest BCUT2D eigenvalue weighted by Gasteiger charge is -2.06. The Kier molecular flexibility index (Phi) is 10.7. The summed E-state index contributed by atoms with van der Waals surface area (Å²) in [6.45, 7) is 4.77. The fourth-order valence-electron chi connectivity index (χ4n) is 2.95. The molecule has 0 fully saturated rings. The van der Waals surface area contributed by atoms with E-state index >= 15 is 0 Å². The number of halogens is 2. The summed E-state index contributed by atoms with van der Waals surface area (Å²) in [6, 6.07) is 11.8. The van der Waals surface area contributed by atoms with E-state index < -0.39 is 17.6 Å². The van der Waals surface area contributed by atoms with Gasteiger partial charge in [-0.3, -0.25) is 4.79 Å². The highest BCUT2D eigenvalue weighted by Crippen LogP contribution is 2.16. The number of carbonyl (C=O) groups is 1. The number of carbonyl (C=O) groups excluding carboxylic acids is 1. The number of fused-ring (bicyclic) bond motifs is 1. The molecule has 4 nitrogen and oxygen atoms in total. The van der Waals surface area contributed by atoms with Gasteiger partial charge in [0, 0.05) is 24.1 Å². The molecule has 1 heterocycles. The molecule has 0 atom stereocenters. The quantitative estimate of drug-likeness (QED) is 0.226. The molecule has 0 aliphatic rings. The van der Waals surface area contributed by atoms with Crippen molar-refractivity contribution in [1.29, 1.82) is 0 Å². The largest absolute Gasteiger partial charge is 0.478 e. The molecule has 1 aromatic carbocycles. The Hall–Kier alpha value is -2.76. The summed E-state index contributed by atoms with van der Waals surface area (Å²) in [5.41, 5.74) is 0.922. The van der Waals surface area contributed by atoms with E-state index in [0.717, 1.165) is 43.0 Å². The number of unbranched alkanes of at least 4 members (excludes halogenated alkanes) is 5. The molecule has 0 radical (unpaired) electrons. The monoisotopic (exact) mass is 430 g/mol. The lowest BCUT2D eigenvalue weighted by molar-refractivity contribution is -0.119. The number of ether oxygens (including phenoxy) is 1. The molecular formula is C25H32F2N2O2. The van der Waals surface area contributed by atoms with Gasteiger partial charge < -0.3 is 10.1 Å². The van der Waals surface area contributed by atoms with Crippen LogP contribution in [-0.2, 0) is 4.79 Å². The molecule has 0 aliphatic carbocycles. The molecule has 0 saturated carbocycles. The Morgan fingerprint density at radius 2 is 1.81 bits per heavy atom. The third-order valence-electron chi connectivity index (χ3n) is 4.66. The summed E-state index contributed by atoms with van der Waals surface area (Å²) in [4.78, 5) is 15.9. The van der Waals surface area contributed by atoms with E-state index in [1.165, 1.54) is 6.08 Å². The molecule has 0 unspecified atom stereocenters. The van der Waals surface area contributed by atoms with Crippen LogP contribution in [0.4, 0.5) is 8.78 Å². The second-order valence-electron chi connectivity index (χ2n) is 7.93. The van der Waals surface area contributed by atoms with Gasteiger partial charge in [0.2, 0.25) is 5.88 Å². The minimum Gasteiger partial charge on any atom is -0.478 e. The van der Waals surface area contributed by atoms with Crippen molar-refractivity contribution in [2.45, 2.75) is 52.4 Å². The first kappa shape index (κ1) is 24.5. The molecule has 2 aromatic rings. The molecule has 0 bridgehead atoms. The van der Waals surface area contributed by atoms with Crippen molar-refractivity contribution >= 4 is 16.8 Å². The molecule has 2 rings (SSSR count). The summed E-state index contributed by atoms with van der Waals surface area (Å²) in [6.07, 6.45) is 7.22. The van der Waals surface area contributed by atoms with E-state index in [0.29, 0.717) is 31.5 Å². The van der Waals surface area contributed by atoms with Gasteiger partial charge in [-0.15, -0.1) is 0 Å². The van der Waals surface area contributed by atoms with Gasteiger partial charge in [0.1, 0.15) is 5.83 Å². The lowest BCUT2D eigenvalue weighted by Crippen LogP contribution is -2.27. The number of pyridine rings is 1. The van der Waals surface area contributed by atoms with E-state index in [9.17, 15) is 13.6 Å². The Bertz CT molecular complexity index is 894. The normalized spacial score (nSPS) is 12.4. The molecule has 168 valence electrons. The van der Waals surface area contributed by atoms with Crippen LogP contribution in [0.25, 0.3) is 10.9 Å². The fourth-order valence-corrected chi connectivity index (χ4v) is 2.95. The number of hydrogen-bond donors (Lipinski definition) is 1. The fraction of sp³-hybridized carbons (Fsp3) is 0.440. The predicted molar refractivity (Wildman–Crippen MR) is 121 cm³/mol. The predicted octanol–water partition coefficient (Wildman–Crippen LogP) is 6.43. The summed E-state index contributed by atoms with van der Waals surface area (Å²) >= 11 is 0. The molecule has 1 amide bonds. The van der Waals surface area contributed by atoms with Crippen molar-refractivity contribution in [2.24, 2.45) is 5.92 Å². The number of nitrogens with zero attached hydrogens (tertiary/aromatic N) is 1. The van der Waals surface area contributed by atoms with E-state index in [-0.39, 0.29) is 5.92 Å². The first-order valence-electron chi connectivity index (χ1n) is 11.0. The molecule has 1 N–H and O–H groups in total. The van der Waals surface area contributed by atoms with Crippen molar-refractivity contribution < 1.29 is 18.3 Å². The second-order valence-corrected chi connectivity index (χ2v) is 7.93. The van der Waals surface area contributed by atoms with Crippen LogP contribution < -0.4 is 10.1 Å². The minimum atomic E-state index is -1.10. The van der Waals surface area contributed by atoms with Crippen molar-refractivity contribution in [3.05, 3.63) is 60.2 Å². The van der Waals surface area contributed by atoms with Crippen molar-refractivity contribution in [3.63, 3.8) is 0 Å². The average Bonchev–Trinajstić information content (AvgIpc) is 2.76. The number of para-hydroxylation sites is 1. The van der Waals surface area contributed by atoms with Gasteiger partial charge in [0.25, 0.3) is 5.91 Å². The van der Waals surface area contributed by atoms with Crippen LogP contribution in [-0.4, -0.2) is 24.0 Å². The van der Waals surface area contributed by atoms with Gasteiger partial charge in [-0.25, -0.2) is 13.8 Å². The summed E-state index contributed by atoms with van der Waals surface area (Å²) < 4.78 is 33.0. The molecule has 1 aromatic heterocycles. The van der Waals surface area contributed by atoms with Gasteiger partial charge in [-0.1, -0.05) is 51.3 Å². The molecule has 6 heteroatoms. The molecule has 0 saturated heterocycles. The SMILES string of the molecule is CC(C)CNC(=O)C(F)=CC(F)=CCCCCCCCOc1ccc2ccccc2n1. The first-order chi connectivity index (χ1) is 15.0.